The number of fused-ring (bicyclic) bond motifs is 4. The van der Waals surface area contributed by atoms with Crippen LogP contribution in [0.3, 0.4) is 0 Å². The van der Waals surface area contributed by atoms with Crippen molar-refractivity contribution in [3.63, 3.8) is 0 Å². The van der Waals surface area contributed by atoms with E-state index in [1.165, 1.54) is 32.1 Å². The maximum atomic E-state index is 10.6. The molecule has 0 spiro atoms. The van der Waals surface area contributed by atoms with E-state index in [1.807, 2.05) is 0 Å². The van der Waals surface area contributed by atoms with Gasteiger partial charge in [0.25, 0.3) is 0 Å². The van der Waals surface area contributed by atoms with E-state index in [4.69, 9.17) is 14.2 Å². The molecular formula is C22H38N2O4. The summed E-state index contributed by atoms with van der Waals surface area (Å²) >= 11 is 0. The van der Waals surface area contributed by atoms with Crippen molar-refractivity contribution < 1.29 is 19.3 Å². The van der Waals surface area contributed by atoms with Crippen LogP contribution in [0.2, 0.25) is 0 Å². The smallest absolute Gasteiger partial charge is 0.108 e. The van der Waals surface area contributed by atoms with Crippen LogP contribution in [-0.4, -0.2) is 79.5 Å². The topological polar surface area (TPSA) is 63.2 Å². The van der Waals surface area contributed by atoms with E-state index in [-0.39, 0.29) is 18.4 Å². The molecule has 2 N–H and O–H groups in total. The Labute approximate surface area is 169 Å². The Hall–Kier alpha value is -0.240. The summed E-state index contributed by atoms with van der Waals surface area (Å²) in [7, 11) is 3.44. The van der Waals surface area contributed by atoms with E-state index in [0.717, 1.165) is 31.3 Å². The first-order chi connectivity index (χ1) is 13.6. The number of nitrogens with one attached hydrogen (secondary N) is 1. The fraction of sp³-hybridized carbons (Fsp3) is 1.00. The molecule has 0 amide bonds. The third kappa shape index (κ3) is 3.07. The van der Waals surface area contributed by atoms with Gasteiger partial charge in [-0.05, 0) is 56.8 Å². The fourth-order valence-electron chi connectivity index (χ4n) is 7.58. The summed E-state index contributed by atoms with van der Waals surface area (Å²) in [6.07, 6.45) is 7.92. The first-order valence-corrected chi connectivity index (χ1v) is 11.5. The monoisotopic (exact) mass is 394 g/mol. The first kappa shape index (κ1) is 19.7. The summed E-state index contributed by atoms with van der Waals surface area (Å²) in [6, 6.07) is 2.21. The number of aliphatic hydroxyl groups is 1. The Morgan fingerprint density at radius 2 is 1.71 bits per heavy atom. The minimum atomic E-state index is -0.534. The van der Waals surface area contributed by atoms with Crippen molar-refractivity contribution in [1.29, 1.82) is 0 Å². The van der Waals surface area contributed by atoms with Crippen molar-refractivity contribution in [2.75, 3.05) is 20.8 Å². The van der Waals surface area contributed by atoms with Crippen LogP contribution < -0.4 is 5.32 Å². The van der Waals surface area contributed by atoms with E-state index in [9.17, 15) is 5.11 Å². The molecule has 160 valence electrons. The maximum Gasteiger partial charge on any atom is 0.108 e. The number of hydrogen-bond acceptors (Lipinski definition) is 6. The highest BCUT2D eigenvalue weighted by molar-refractivity contribution is 5.12. The number of rotatable bonds is 3. The normalized spacial score (nSPS) is 54.2. The van der Waals surface area contributed by atoms with Crippen LogP contribution in [0, 0.1) is 17.8 Å². The van der Waals surface area contributed by atoms with E-state index in [2.05, 4.69) is 17.1 Å². The molecule has 0 aromatic rings. The molecule has 0 aromatic carbocycles. The van der Waals surface area contributed by atoms with Crippen LogP contribution >= 0.6 is 0 Å². The summed E-state index contributed by atoms with van der Waals surface area (Å²) < 4.78 is 17.5. The summed E-state index contributed by atoms with van der Waals surface area (Å²) in [5.41, 5.74) is 0. The molecule has 3 aliphatic heterocycles. The van der Waals surface area contributed by atoms with E-state index < -0.39 is 6.10 Å². The van der Waals surface area contributed by atoms with Gasteiger partial charge >= 0.3 is 0 Å². The predicted octanol–water partition coefficient (Wildman–Crippen LogP) is 1.75. The van der Waals surface area contributed by atoms with Crippen molar-refractivity contribution in [3.8, 4) is 0 Å². The number of methoxy groups -OCH3 is 2. The summed E-state index contributed by atoms with van der Waals surface area (Å²) in [6.45, 7) is 3.09. The van der Waals surface area contributed by atoms with Gasteiger partial charge < -0.3 is 24.6 Å². The van der Waals surface area contributed by atoms with Crippen molar-refractivity contribution in [3.05, 3.63) is 0 Å². The summed E-state index contributed by atoms with van der Waals surface area (Å²) in [5, 5.41) is 14.7. The SMILES string of the molecule is COC1CC(C2C3NC4CCCCC4C3CC3COC(C)N32)CC(OC)C1O. The Bertz CT molecular complexity index is 549. The number of piperidine rings is 1. The molecule has 0 bridgehead atoms. The summed E-state index contributed by atoms with van der Waals surface area (Å²) in [4.78, 5) is 2.67. The lowest BCUT2D eigenvalue weighted by Crippen LogP contribution is -2.64. The quantitative estimate of drug-likeness (QED) is 0.761. The van der Waals surface area contributed by atoms with Crippen LogP contribution in [0.5, 0.6) is 0 Å². The Morgan fingerprint density at radius 1 is 1.00 bits per heavy atom. The molecule has 6 nitrogen and oxygen atoms in total. The molecule has 5 fully saturated rings. The molecule has 3 saturated heterocycles. The average Bonchev–Trinajstić information content (AvgIpc) is 3.27. The molecule has 0 radical (unpaired) electrons. The van der Waals surface area contributed by atoms with Crippen LogP contribution in [-0.2, 0) is 14.2 Å². The molecule has 6 heteroatoms. The van der Waals surface area contributed by atoms with Crippen LogP contribution in [0.1, 0.15) is 51.9 Å². The number of nitrogens with zero attached hydrogens (tertiary/aromatic N) is 1. The second-order valence-electron chi connectivity index (χ2n) is 9.94. The minimum absolute atomic E-state index is 0.148. The van der Waals surface area contributed by atoms with Gasteiger partial charge in [-0.1, -0.05) is 12.8 Å². The highest BCUT2D eigenvalue weighted by Gasteiger charge is 2.58. The van der Waals surface area contributed by atoms with Crippen LogP contribution in [0.25, 0.3) is 0 Å². The van der Waals surface area contributed by atoms with Gasteiger partial charge in [-0.25, -0.2) is 0 Å². The van der Waals surface area contributed by atoms with E-state index in [0.29, 0.717) is 30.1 Å². The lowest BCUT2D eigenvalue weighted by molar-refractivity contribution is -0.145. The second kappa shape index (κ2) is 7.78. The summed E-state index contributed by atoms with van der Waals surface area (Å²) in [5.74, 6) is 2.05. The molecule has 2 saturated carbocycles. The van der Waals surface area contributed by atoms with Gasteiger partial charge in [-0.2, -0.15) is 0 Å². The maximum absolute atomic E-state index is 10.6. The largest absolute Gasteiger partial charge is 0.388 e. The standard InChI is InChI=1S/C22H38N2O4/c1-12-24-14(11-28-12)10-16-15-6-4-5-7-17(15)23-20(16)21(24)13-8-18(26-2)22(25)19(9-13)27-3/h12-23,25H,4-11H2,1-3H3. The van der Waals surface area contributed by atoms with Gasteiger partial charge in [-0.3, -0.25) is 4.90 Å². The van der Waals surface area contributed by atoms with Gasteiger partial charge in [0.2, 0.25) is 0 Å². The van der Waals surface area contributed by atoms with Crippen molar-refractivity contribution >= 4 is 0 Å². The van der Waals surface area contributed by atoms with Gasteiger partial charge in [0, 0.05) is 38.4 Å². The van der Waals surface area contributed by atoms with Gasteiger partial charge in [0.15, 0.2) is 0 Å². The zero-order valence-corrected chi connectivity index (χ0v) is 17.6. The van der Waals surface area contributed by atoms with Crippen molar-refractivity contribution in [2.24, 2.45) is 17.8 Å². The Kier molecular flexibility index (Phi) is 5.48. The van der Waals surface area contributed by atoms with Crippen LogP contribution in [0.15, 0.2) is 0 Å². The van der Waals surface area contributed by atoms with Gasteiger partial charge in [-0.15, -0.1) is 0 Å². The highest BCUT2D eigenvalue weighted by atomic mass is 16.5. The molecule has 9 atom stereocenters. The molecule has 5 aliphatic rings. The van der Waals surface area contributed by atoms with Crippen LogP contribution in [0.4, 0.5) is 0 Å². The fourth-order valence-corrected chi connectivity index (χ4v) is 7.58. The molecule has 2 aliphatic carbocycles. The molecule has 5 rings (SSSR count). The molecule has 9 unspecified atom stereocenters. The minimum Gasteiger partial charge on any atom is -0.388 e. The average molecular weight is 395 g/mol. The third-order valence-corrected chi connectivity index (χ3v) is 8.79. The Morgan fingerprint density at radius 3 is 2.43 bits per heavy atom. The molecule has 28 heavy (non-hydrogen) atoms. The third-order valence-electron chi connectivity index (χ3n) is 8.79. The zero-order valence-electron chi connectivity index (χ0n) is 17.6. The van der Waals surface area contributed by atoms with E-state index >= 15 is 0 Å². The Balaban J connectivity index is 1.46. The zero-order chi connectivity index (χ0) is 19.4. The van der Waals surface area contributed by atoms with Gasteiger partial charge in [0.1, 0.15) is 12.3 Å². The molecule has 0 aromatic heterocycles. The predicted molar refractivity (Wildman–Crippen MR) is 106 cm³/mol. The van der Waals surface area contributed by atoms with Crippen molar-refractivity contribution in [1.82, 2.24) is 10.2 Å². The first-order valence-electron chi connectivity index (χ1n) is 11.5. The molecular weight excluding hydrogens is 356 g/mol. The van der Waals surface area contributed by atoms with Crippen molar-refractivity contribution in [2.45, 2.75) is 101 Å². The lowest BCUT2D eigenvalue weighted by Gasteiger charge is -2.52. The number of hydrogen-bond donors (Lipinski definition) is 2. The second-order valence-corrected chi connectivity index (χ2v) is 9.94. The molecule has 3 heterocycles. The number of aliphatic hydroxyl groups excluding tert-OH is 1. The van der Waals surface area contributed by atoms with Gasteiger partial charge in [0.05, 0.1) is 18.8 Å². The van der Waals surface area contributed by atoms with E-state index in [1.54, 1.807) is 14.2 Å². The number of ether oxygens (including phenoxy) is 3. The highest BCUT2D eigenvalue weighted by Crippen LogP contribution is 2.50. The lowest BCUT2D eigenvalue weighted by atomic mass is 9.67.